The van der Waals surface area contributed by atoms with Crippen molar-refractivity contribution >= 4 is 17.3 Å². The molecule has 3 rings (SSSR count). The summed E-state index contributed by atoms with van der Waals surface area (Å²) in [6.07, 6.45) is 4.65. The molecule has 2 aromatic rings. The summed E-state index contributed by atoms with van der Waals surface area (Å²) in [7, 11) is 0. The standard InChI is InChI=1S/C16H17NO3S/c18-15(19)7-8-17-14(10-21-16(17)20)13-6-5-11-3-1-2-4-12(11)9-13/h5-6,9-10H,1-4,7-8H2,(H,18,19). The van der Waals surface area contributed by atoms with Crippen LogP contribution in [0.25, 0.3) is 11.3 Å². The number of aromatic nitrogens is 1. The zero-order valence-corrected chi connectivity index (χ0v) is 12.5. The van der Waals surface area contributed by atoms with Gasteiger partial charge in [-0.3, -0.25) is 14.2 Å². The van der Waals surface area contributed by atoms with Crippen molar-refractivity contribution in [3.63, 3.8) is 0 Å². The molecule has 5 heteroatoms. The number of aliphatic carboxylic acids is 1. The second-order valence-corrected chi connectivity index (χ2v) is 6.19. The molecule has 1 N–H and O–H groups in total. The first-order valence-corrected chi connectivity index (χ1v) is 8.05. The highest BCUT2D eigenvalue weighted by Gasteiger charge is 2.14. The molecule has 1 aromatic heterocycles. The molecular weight excluding hydrogens is 286 g/mol. The molecule has 1 aliphatic carbocycles. The van der Waals surface area contributed by atoms with E-state index < -0.39 is 5.97 Å². The highest BCUT2D eigenvalue weighted by molar-refractivity contribution is 7.07. The number of carboxylic acid groups (broad SMARTS) is 1. The molecule has 0 atom stereocenters. The number of thiazole rings is 1. The summed E-state index contributed by atoms with van der Waals surface area (Å²) in [6.45, 7) is 0.226. The average molecular weight is 303 g/mol. The number of nitrogens with zero attached hydrogens (tertiary/aromatic N) is 1. The Hall–Kier alpha value is -1.88. The molecule has 0 amide bonds. The maximum atomic E-state index is 11.9. The van der Waals surface area contributed by atoms with Gasteiger partial charge in [0.15, 0.2) is 0 Å². The molecule has 0 saturated heterocycles. The highest BCUT2D eigenvalue weighted by Crippen LogP contribution is 2.27. The van der Waals surface area contributed by atoms with E-state index >= 15 is 0 Å². The summed E-state index contributed by atoms with van der Waals surface area (Å²) in [5, 5.41) is 10.6. The van der Waals surface area contributed by atoms with E-state index in [4.69, 9.17) is 5.11 Å². The predicted molar refractivity (Wildman–Crippen MR) is 82.9 cm³/mol. The lowest BCUT2D eigenvalue weighted by Crippen LogP contribution is -2.16. The number of hydrogen-bond acceptors (Lipinski definition) is 3. The maximum Gasteiger partial charge on any atom is 0.307 e. The Kier molecular flexibility index (Phi) is 3.92. The molecule has 4 nitrogen and oxygen atoms in total. The monoisotopic (exact) mass is 303 g/mol. The molecule has 110 valence electrons. The molecule has 0 aliphatic heterocycles. The van der Waals surface area contributed by atoms with Crippen LogP contribution in [0.4, 0.5) is 0 Å². The number of fused-ring (bicyclic) bond motifs is 1. The van der Waals surface area contributed by atoms with Crippen molar-refractivity contribution in [2.75, 3.05) is 0 Å². The van der Waals surface area contributed by atoms with Gasteiger partial charge in [0.25, 0.3) is 0 Å². The Morgan fingerprint density at radius 1 is 1.24 bits per heavy atom. The third-order valence-corrected chi connectivity index (χ3v) is 4.74. The Balaban J connectivity index is 1.97. The van der Waals surface area contributed by atoms with Crippen molar-refractivity contribution in [2.45, 2.75) is 38.6 Å². The minimum atomic E-state index is -0.885. The Labute approximate surface area is 126 Å². The van der Waals surface area contributed by atoms with Crippen LogP contribution < -0.4 is 4.87 Å². The summed E-state index contributed by atoms with van der Waals surface area (Å²) in [4.78, 5) is 22.5. The average Bonchev–Trinajstić information content (AvgIpc) is 2.85. The minimum absolute atomic E-state index is 0.0332. The van der Waals surface area contributed by atoms with Crippen LogP contribution in [0.3, 0.4) is 0 Å². The fourth-order valence-electron chi connectivity index (χ4n) is 2.87. The topological polar surface area (TPSA) is 59.3 Å². The van der Waals surface area contributed by atoms with Gasteiger partial charge in [-0.05, 0) is 48.4 Å². The first-order valence-electron chi connectivity index (χ1n) is 7.17. The van der Waals surface area contributed by atoms with Gasteiger partial charge >= 0.3 is 10.8 Å². The van der Waals surface area contributed by atoms with E-state index in [2.05, 4.69) is 12.1 Å². The van der Waals surface area contributed by atoms with E-state index in [1.807, 2.05) is 11.4 Å². The van der Waals surface area contributed by atoms with Crippen molar-refractivity contribution in [1.29, 1.82) is 0 Å². The van der Waals surface area contributed by atoms with Gasteiger partial charge in [0.05, 0.1) is 12.1 Å². The van der Waals surface area contributed by atoms with Crippen molar-refractivity contribution < 1.29 is 9.90 Å². The van der Waals surface area contributed by atoms with Gasteiger partial charge in [0.1, 0.15) is 0 Å². The van der Waals surface area contributed by atoms with Gasteiger partial charge in [-0.2, -0.15) is 0 Å². The quantitative estimate of drug-likeness (QED) is 0.944. The van der Waals surface area contributed by atoms with Crippen LogP contribution in [0.15, 0.2) is 28.4 Å². The lowest BCUT2D eigenvalue weighted by Gasteiger charge is -2.17. The largest absolute Gasteiger partial charge is 0.481 e. The summed E-state index contributed by atoms with van der Waals surface area (Å²) in [6, 6.07) is 6.35. The molecular formula is C16H17NO3S. The third-order valence-electron chi connectivity index (χ3n) is 3.98. The molecule has 1 aromatic carbocycles. The maximum absolute atomic E-state index is 11.9. The van der Waals surface area contributed by atoms with Crippen molar-refractivity contribution in [3.8, 4) is 11.3 Å². The molecule has 0 bridgehead atoms. The first-order chi connectivity index (χ1) is 10.1. The summed E-state index contributed by atoms with van der Waals surface area (Å²) in [5.74, 6) is -0.885. The summed E-state index contributed by atoms with van der Waals surface area (Å²) in [5.41, 5.74) is 4.61. The van der Waals surface area contributed by atoms with Gasteiger partial charge in [-0.15, -0.1) is 0 Å². The van der Waals surface area contributed by atoms with Crippen LogP contribution in [0.2, 0.25) is 0 Å². The Morgan fingerprint density at radius 2 is 2.00 bits per heavy atom. The first kappa shape index (κ1) is 14.1. The summed E-state index contributed by atoms with van der Waals surface area (Å²) < 4.78 is 1.57. The molecule has 0 radical (unpaired) electrons. The fourth-order valence-corrected chi connectivity index (χ4v) is 3.66. The number of aryl methyl sites for hydroxylation is 2. The highest BCUT2D eigenvalue weighted by atomic mass is 32.1. The van der Waals surface area contributed by atoms with Gasteiger partial charge < -0.3 is 5.11 Å². The van der Waals surface area contributed by atoms with E-state index in [9.17, 15) is 9.59 Å². The summed E-state index contributed by atoms with van der Waals surface area (Å²) >= 11 is 1.13. The zero-order chi connectivity index (χ0) is 14.8. The van der Waals surface area contributed by atoms with Gasteiger partial charge in [-0.1, -0.05) is 23.5 Å². The number of benzene rings is 1. The van der Waals surface area contributed by atoms with E-state index in [0.29, 0.717) is 0 Å². The van der Waals surface area contributed by atoms with E-state index in [0.717, 1.165) is 35.4 Å². The smallest absolute Gasteiger partial charge is 0.307 e. The lowest BCUT2D eigenvalue weighted by molar-refractivity contribution is -0.137. The SMILES string of the molecule is O=C(O)CCn1c(-c2ccc3c(c2)CCCC3)csc1=O. The zero-order valence-electron chi connectivity index (χ0n) is 11.7. The van der Waals surface area contributed by atoms with E-state index in [1.165, 1.54) is 24.0 Å². The van der Waals surface area contributed by atoms with Gasteiger partial charge in [0, 0.05) is 11.9 Å². The molecule has 1 heterocycles. The van der Waals surface area contributed by atoms with E-state index in [1.54, 1.807) is 4.57 Å². The van der Waals surface area contributed by atoms with Crippen LogP contribution in [-0.2, 0) is 24.2 Å². The van der Waals surface area contributed by atoms with Gasteiger partial charge in [-0.25, -0.2) is 0 Å². The van der Waals surface area contributed by atoms with Crippen LogP contribution in [0.1, 0.15) is 30.4 Å². The van der Waals surface area contributed by atoms with Crippen molar-refractivity contribution in [2.24, 2.45) is 0 Å². The minimum Gasteiger partial charge on any atom is -0.481 e. The van der Waals surface area contributed by atoms with Crippen LogP contribution >= 0.6 is 11.3 Å². The molecule has 0 fully saturated rings. The molecule has 0 saturated carbocycles. The van der Waals surface area contributed by atoms with Crippen LogP contribution in [0, 0.1) is 0 Å². The van der Waals surface area contributed by atoms with E-state index in [-0.39, 0.29) is 17.8 Å². The molecule has 1 aliphatic rings. The fraction of sp³-hybridized carbons (Fsp3) is 0.375. The van der Waals surface area contributed by atoms with Gasteiger partial charge in [0.2, 0.25) is 0 Å². The second kappa shape index (κ2) is 5.85. The molecule has 21 heavy (non-hydrogen) atoms. The number of rotatable bonds is 4. The second-order valence-electron chi connectivity index (χ2n) is 5.37. The van der Waals surface area contributed by atoms with Crippen LogP contribution in [0.5, 0.6) is 0 Å². The Bertz CT molecular complexity index is 729. The van der Waals surface area contributed by atoms with Crippen molar-refractivity contribution in [3.05, 3.63) is 44.4 Å². The Morgan fingerprint density at radius 3 is 2.76 bits per heavy atom. The van der Waals surface area contributed by atoms with Crippen molar-refractivity contribution in [1.82, 2.24) is 4.57 Å². The number of carboxylic acids is 1. The normalized spacial score (nSPS) is 13.9. The molecule has 0 unspecified atom stereocenters. The predicted octanol–water partition coefficient (Wildman–Crippen LogP) is 2.93. The number of carbonyl (C=O) groups is 1. The molecule has 0 spiro atoms. The lowest BCUT2D eigenvalue weighted by atomic mass is 9.90. The third kappa shape index (κ3) is 2.93. The number of hydrogen-bond donors (Lipinski definition) is 1. The van der Waals surface area contributed by atoms with Crippen LogP contribution in [-0.4, -0.2) is 15.6 Å².